The maximum atomic E-state index is 12.4. The van der Waals surface area contributed by atoms with Crippen LogP contribution in [0.4, 0.5) is 0 Å². The number of rotatable bonds is 4. The molecule has 0 saturated carbocycles. The molecule has 2 N–H and O–H groups in total. The second kappa shape index (κ2) is 8.09. The van der Waals surface area contributed by atoms with E-state index in [0.717, 1.165) is 16.8 Å². The predicted octanol–water partition coefficient (Wildman–Crippen LogP) is 2.66. The lowest BCUT2D eigenvalue weighted by atomic mass is 10.2. The number of hydrogen-bond donors (Lipinski definition) is 2. The van der Waals surface area contributed by atoms with Gasteiger partial charge in [-0.2, -0.15) is 0 Å². The Labute approximate surface area is 156 Å². The van der Waals surface area contributed by atoms with E-state index in [-0.39, 0.29) is 5.82 Å². The normalized spacial score (nSPS) is 10.1. The molecule has 0 fully saturated rings. The van der Waals surface area contributed by atoms with Gasteiger partial charge in [0.05, 0.1) is 5.69 Å². The van der Waals surface area contributed by atoms with Crippen molar-refractivity contribution in [3.05, 3.63) is 78.1 Å². The van der Waals surface area contributed by atoms with Gasteiger partial charge in [-0.05, 0) is 26.0 Å². The molecule has 0 bridgehead atoms. The summed E-state index contributed by atoms with van der Waals surface area (Å²) in [7, 11) is 0. The van der Waals surface area contributed by atoms with Gasteiger partial charge in [0.25, 0.3) is 5.91 Å². The van der Waals surface area contributed by atoms with Gasteiger partial charge in [-0.3, -0.25) is 20.4 Å². The Morgan fingerprint density at radius 2 is 1.56 bits per heavy atom. The molecule has 136 valence electrons. The number of carbonyl (C=O) groups is 2. The molecule has 0 radical (unpaired) electrons. The number of allylic oxidation sites excluding steroid dienone is 1. The number of carbonyl (C=O) groups excluding carboxylic acids is 2. The van der Waals surface area contributed by atoms with Gasteiger partial charge in [0.1, 0.15) is 0 Å². The molecule has 0 atom stereocenters. The summed E-state index contributed by atoms with van der Waals surface area (Å²) in [5.74, 6) is -0.538. The lowest BCUT2D eigenvalue weighted by molar-refractivity contribution is -0.117. The van der Waals surface area contributed by atoms with Crippen molar-refractivity contribution >= 4 is 11.8 Å². The number of amides is 2. The fraction of sp³-hybridized carbons (Fsp3) is 0.100. The first-order valence-electron chi connectivity index (χ1n) is 8.37. The number of nitrogens with zero attached hydrogens (tertiary/aromatic N) is 3. The number of aromatic nitrogens is 3. The first kappa shape index (κ1) is 18.1. The molecule has 1 aromatic heterocycles. The average Bonchev–Trinajstić information content (AvgIpc) is 3.12. The molecule has 0 aliphatic carbocycles. The van der Waals surface area contributed by atoms with E-state index in [1.54, 1.807) is 18.5 Å². The van der Waals surface area contributed by atoms with E-state index in [1.807, 2.05) is 60.7 Å². The summed E-state index contributed by atoms with van der Waals surface area (Å²) < 4.78 is 1.60. The molecular weight excluding hydrogens is 342 g/mol. The first-order chi connectivity index (χ1) is 13.0. The fourth-order valence-corrected chi connectivity index (χ4v) is 2.40. The van der Waals surface area contributed by atoms with E-state index in [4.69, 9.17) is 0 Å². The van der Waals surface area contributed by atoms with Crippen molar-refractivity contribution in [2.24, 2.45) is 0 Å². The Morgan fingerprint density at radius 1 is 0.926 bits per heavy atom. The molecule has 27 heavy (non-hydrogen) atoms. The van der Waals surface area contributed by atoms with Gasteiger partial charge in [-0.15, -0.1) is 5.10 Å². The standard InChI is InChI=1S/C20H19N5O2/c1-14(2)13-17(26)22-23-20(27)18-21-19(15-9-5-3-6-10-15)25(24-18)16-11-7-4-8-12-16/h3-13H,1-2H3,(H,22,26)(H,23,27). The molecule has 0 aliphatic rings. The van der Waals surface area contributed by atoms with E-state index >= 15 is 0 Å². The van der Waals surface area contributed by atoms with Gasteiger partial charge in [0, 0.05) is 11.6 Å². The van der Waals surface area contributed by atoms with E-state index < -0.39 is 11.8 Å². The van der Waals surface area contributed by atoms with Crippen molar-refractivity contribution in [2.75, 3.05) is 0 Å². The summed E-state index contributed by atoms with van der Waals surface area (Å²) in [5.41, 5.74) is 7.06. The second-order valence-electron chi connectivity index (χ2n) is 6.04. The van der Waals surface area contributed by atoms with Crippen LogP contribution in [-0.4, -0.2) is 26.6 Å². The van der Waals surface area contributed by atoms with Crippen molar-refractivity contribution in [3.8, 4) is 17.1 Å². The number of hydrazine groups is 1. The van der Waals surface area contributed by atoms with Crippen LogP contribution in [0, 0.1) is 0 Å². The minimum Gasteiger partial charge on any atom is -0.268 e. The topological polar surface area (TPSA) is 88.9 Å². The minimum atomic E-state index is -0.600. The zero-order chi connectivity index (χ0) is 19.2. The third-order valence-corrected chi connectivity index (χ3v) is 3.56. The molecule has 1 heterocycles. The van der Waals surface area contributed by atoms with Gasteiger partial charge in [0.15, 0.2) is 5.82 Å². The van der Waals surface area contributed by atoms with Crippen molar-refractivity contribution in [1.82, 2.24) is 25.6 Å². The third kappa shape index (κ3) is 4.46. The van der Waals surface area contributed by atoms with Gasteiger partial charge in [0.2, 0.25) is 5.82 Å². The van der Waals surface area contributed by atoms with Crippen LogP contribution in [0.5, 0.6) is 0 Å². The molecule has 7 nitrogen and oxygen atoms in total. The van der Waals surface area contributed by atoms with Gasteiger partial charge in [-0.1, -0.05) is 54.1 Å². The van der Waals surface area contributed by atoms with Crippen LogP contribution in [0.3, 0.4) is 0 Å². The molecular formula is C20H19N5O2. The molecule has 2 amide bonds. The van der Waals surface area contributed by atoms with Crippen LogP contribution in [0.1, 0.15) is 24.5 Å². The zero-order valence-electron chi connectivity index (χ0n) is 15.0. The molecule has 3 rings (SSSR count). The Morgan fingerprint density at radius 3 is 2.19 bits per heavy atom. The van der Waals surface area contributed by atoms with Crippen molar-refractivity contribution < 1.29 is 9.59 Å². The largest absolute Gasteiger partial charge is 0.309 e. The van der Waals surface area contributed by atoms with Gasteiger partial charge in [-0.25, -0.2) is 9.67 Å². The quantitative estimate of drug-likeness (QED) is 0.552. The highest BCUT2D eigenvalue weighted by atomic mass is 16.2. The Hall–Kier alpha value is -3.74. The van der Waals surface area contributed by atoms with Crippen molar-refractivity contribution in [2.45, 2.75) is 13.8 Å². The van der Waals surface area contributed by atoms with Gasteiger partial charge < -0.3 is 0 Å². The lowest BCUT2D eigenvalue weighted by Crippen LogP contribution is -2.41. The summed E-state index contributed by atoms with van der Waals surface area (Å²) in [6.45, 7) is 3.58. The van der Waals surface area contributed by atoms with E-state index in [1.165, 1.54) is 6.08 Å². The summed E-state index contributed by atoms with van der Waals surface area (Å²) in [6.07, 6.45) is 1.38. The summed E-state index contributed by atoms with van der Waals surface area (Å²) in [5, 5.41) is 4.32. The highest BCUT2D eigenvalue weighted by Gasteiger charge is 2.18. The highest BCUT2D eigenvalue weighted by Crippen LogP contribution is 2.20. The number of hydrogen-bond acceptors (Lipinski definition) is 4. The molecule has 7 heteroatoms. The molecule has 3 aromatic rings. The van der Waals surface area contributed by atoms with Crippen LogP contribution in [0.25, 0.3) is 17.1 Å². The van der Waals surface area contributed by atoms with Crippen LogP contribution >= 0.6 is 0 Å². The van der Waals surface area contributed by atoms with Crippen molar-refractivity contribution in [1.29, 1.82) is 0 Å². The molecule has 0 spiro atoms. The Balaban J connectivity index is 1.91. The van der Waals surface area contributed by atoms with Crippen LogP contribution in [-0.2, 0) is 4.79 Å². The number of nitrogens with one attached hydrogen (secondary N) is 2. The summed E-state index contributed by atoms with van der Waals surface area (Å²) in [4.78, 5) is 28.4. The monoisotopic (exact) mass is 361 g/mol. The first-order valence-corrected chi connectivity index (χ1v) is 8.37. The molecule has 0 unspecified atom stereocenters. The van der Waals surface area contributed by atoms with Crippen LogP contribution in [0.2, 0.25) is 0 Å². The zero-order valence-corrected chi connectivity index (χ0v) is 15.0. The van der Waals surface area contributed by atoms with Crippen LogP contribution < -0.4 is 10.9 Å². The van der Waals surface area contributed by atoms with E-state index in [9.17, 15) is 9.59 Å². The Bertz CT molecular complexity index is 917. The van der Waals surface area contributed by atoms with E-state index in [2.05, 4.69) is 20.9 Å². The fourth-order valence-electron chi connectivity index (χ4n) is 2.40. The van der Waals surface area contributed by atoms with Crippen molar-refractivity contribution in [3.63, 3.8) is 0 Å². The summed E-state index contributed by atoms with van der Waals surface area (Å²) >= 11 is 0. The number of para-hydroxylation sites is 1. The van der Waals surface area contributed by atoms with Gasteiger partial charge >= 0.3 is 5.91 Å². The predicted molar refractivity (Wildman–Crippen MR) is 102 cm³/mol. The van der Waals surface area contributed by atoms with Crippen LogP contribution in [0.15, 0.2) is 72.3 Å². The number of benzene rings is 2. The lowest BCUT2D eigenvalue weighted by Gasteiger charge is -2.05. The molecule has 2 aromatic carbocycles. The SMILES string of the molecule is CC(C)=CC(=O)NNC(=O)c1nc(-c2ccccc2)n(-c2ccccc2)n1. The summed E-state index contributed by atoms with van der Waals surface area (Å²) in [6, 6.07) is 18.9. The highest BCUT2D eigenvalue weighted by molar-refractivity contribution is 5.94. The second-order valence-corrected chi connectivity index (χ2v) is 6.04. The van der Waals surface area contributed by atoms with E-state index in [0.29, 0.717) is 5.82 Å². The minimum absolute atomic E-state index is 0.0461. The third-order valence-electron chi connectivity index (χ3n) is 3.56. The molecule has 0 saturated heterocycles. The Kier molecular flexibility index (Phi) is 5.41. The smallest absolute Gasteiger partial charge is 0.268 e. The maximum absolute atomic E-state index is 12.4. The molecule has 0 aliphatic heterocycles. The average molecular weight is 361 g/mol. The maximum Gasteiger partial charge on any atom is 0.309 e.